The number of amides is 2. The number of benzene rings is 3. The Hall–Kier alpha value is -3.41. The van der Waals surface area contributed by atoms with E-state index >= 15 is 0 Å². The Bertz CT molecular complexity index is 1470. The molecule has 2 atom stereocenters. The standard InChI is InChI=1S/C29H57NO3.C20H21NO/c1-4-6-7-8-9-10-11-12-13-14-15-16-17-18-21-24-29(32)33-25-22-19-20-23-28(31)30-26-27(3)5-2;1-3-14(2)13-21-20(22)18-9-8-17-10-15-6-4-5-7-16(15)11-19(17)12-18/h27H,4-26H2,1-3H3,(H,30,31);4-12,14H,3,13H2,1-2H3,(H,21,22). The summed E-state index contributed by atoms with van der Waals surface area (Å²) in [6.07, 6.45) is 26.0. The molecule has 0 saturated heterocycles. The Kier molecular flexibility index (Phi) is 26.7. The van der Waals surface area contributed by atoms with E-state index in [0.29, 0.717) is 31.3 Å². The molecule has 2 N–H and O–H groups in total. The van der Waals surface area contributed by atoms with Crippen LogP contribution in [-0.2, 0) is 14.3 Å². The molecule has 55 heavy (non-hydrogen) atoms. The van der Waals surface area contributed by atoms with Crippen LogP contribution in [0.25, 0.3) is 21.5 Å². The Morgan fingerprint density at radius 1 is 0.527 bits per heavy atom. The molecule has 0 fully saturated rings. The number of carbonyl (C=O) groups is 3. The second-order valence-corrected chi connectivity index (χ2v) is 16.0. The van der Waals surface area contributed by atoms with Gasteiger partial charge in [-0.3, -0.25) is 14.4 Å². The van der Waals surface area contributed by atoms with E-state index < -0.39 is 0 Å². The lowest BCUT2D eigenvalue weighted by Gasteiger charge is -2.11. The molecule has 0 aromatic heterocycles. The van der Waals surface area contributed by atoms with Crippen molar-refractivity contribution in [2.24, 2.45) is 11.8 Å². The molecule has 0 aliphatic rings. The number of rotatable bonds is 29. The highest BCUT2D eigenvalue weighted by Crippen LogP contribution is 2.24. The Morgan fingerprint density at radius 3 is 1.56 bits per heavy atom. The summed E-state index contributed by atoms with van der Waals surface area (Å²) in [5, 5.41) is 10.7. The summed E-state index contributed by atoms with van der Waals surface area (Å²) in [5.74, 6) is 1.14. The molecule has 2 amide bonds. The van der Waals surface area contributed by atoms with E-state index in [2.05, 4.69) is 69.5 Å². The van der Waals surface area contributed by atoms with Crippen LogP contribution < -0.4 is 10.6 Å². The first-order chi connectivity index (χ1) is 26.8. The molecule has 3 rings (SSSR count). The third kappa shape index (κ3) is 22.7. The van der Waals surface area contributed by atoms with Crippen molar-refractivity contribution in [3.05, 3.63) is 60.2 Å². The molecule has 3 aromatic rings. The highest BCUT2D eigenvalue weighted by molar-refractivity contribution is 6.03. The predicted octanol–water partition coefficient (Wildman–Crippen LogP) is 13.3. The molecule has 2 unspecified atom stereocenters. The lowest BCUT2D eigenvalue weighted by atomic mass is 10.0. The lowest BCUT2D eigenvalue weighted by Crippen LogP contribution is -2.27. The van der Waals surface area contributed by atoms with E-state index in [1.165, 1.54) is 94.2 Å². The number of hydrogen-bond donors (Lipinski definition) is 2. The lowest BCUT2D eigenvalue weighted by molar-refractivity contribution is -0.144. The van der Waals surface area contributed by atoms with Gasteiger partial charge in [0.15, 0.2) is 0 Å². The van der Waals surface area contributed by atoms with E-state index in [4.69, 9.17) is 4.74 Å². The fraction of sp³-hybridized carbons (Fsp3) is 0.653. The minimum absolute atomic E-state index is 0.00959. The van der Waals surface area contributed by atoms with Crippen LogP contribution in [-0.4, -0.2) is 37.5 Å². The fourth-order valence-electron chi connectivity index (χ4n) is 6.58. The third-order valence-electron chi connectivity index (χ3n) is 10.9. The maximum atomic E-state index is 12.3. The first-order valence-electron chi connectivity index (χ1n) is 22.4. The predicted molar refractivity (Wildman–Crippen MR) is 235 cm³/mol. The molecule has 6 nitrogen and oxygen atoms in total. The largest absolute Gasteiger partial charge is 0.466 e. The van der Waals surface area contributed by atoms with Gasteiger partial charge in [0, 0.05) is 31.5 Å². The molecule has 0 spiro atoms. The van der Waals surface area contributed by atoms with Crippen LogP contribution in [0.3, 0.4) is 0 Å². The van der Waals surface area contributed by atoms with Crippen molar-refractivity contribution in [1.82, 2.24) is 10.6 Å². The molecule has 0 saturated carbocycles. The number of esters is 1. The summed E-state index contributed by atoms with van der Waals surface area (Å²) < 4.78 is 5.32. The summed E-state index contributed by atoms with van der Waals surface area (Å²) in [5.41, 5.74) is 0.728. The van der Waals surface area contributed by atoms with Gasteiger partial charge < -0.3 is 15.4 Å². The quantitative estimate of drug-likeness (QED) is 0.0419. The van der Waals surface area contributed by atoms with Crippen LogP contribution in [0, 0.1) is 11.8 Å². The molecule has 0 aliphatic carbocycles. The number of unbranched alkanes of at least 4 members (excludes halogenated alkanes) is 16. The van der Waals surface area contributed by atoms with E-state index in [0.717, 1.165) is 74.4 Å². The third-order valence-corrected chi connectivity index (χ3v) is 10.9. The number of hydrogen-bond acceptors (Lipinski definition) is 4. The van der Waals surface area contributed by atoms with Crippen LogP contribution >= 0.6 is 0 Å². The van der Waals surface area contributed by atoms with E-state index in [9.17, 15) is 14.4 Å². The first-order valence-corrected chi connectivity index (χ1v) is 22.4. The summed E-state index contributed by atoms with van der Waals surface area (Å²) >= 11 is 0. The van der Waals surface area contributed by atoms with Crippen molar-refractivity contribution in [1.29, 1.82) is 0 Å². The smallest absolute Gasteiger partial charge is 0.305 e. The van der Waals surface area contributed by atoms with Gasteiger partial charge in [-0.2, -0.15) is 0 Å². The van der Waals surface area contributed by atoms with Gasteiger partial charge in [0.1, 0.15) is 0 Å². The Balaban J connectivity index is 0.000000407. The van der Waals surface area contributed by atoms with Crippen LogP contribution in [0.1, 0.15) is 186 Å². The first kappa shape index (κ1) is 47.7. The van der Waals surface area contributed by atoms with Gasteiger partial charge >= 0.3 is 5.97 Å². The van der Waals surface area contributed by atoms with Gasteiger partial charge in [-0.15, -0.1) is 0 Å². The van der Waals surface area contributed by atoms with Gasteiger partial charge in [0.25, 0.3) is 5.91 Å². The average Bonchev–Trinajstić information content (AvgIpc) is 3.20. The van der Waals surface area contributed by atoms with Crippen molar-refractivity contribution in [2.45, 2.75) is 176 Å². The molecule has 0 radical (unpaired) electrons. The molecule has 0 bridgehead atoms. The SMILES string of the molecule is CCC(C)CNC(=O)c1ccc2cc3ccccc3cc2c1.CCCCCCCCCCCCCCCCCC(=O)OCCCCCC(=O)NCC(C)CC. The summed E-state index contributed by atoms with van der Waals surface area (Å²) in [6, 6.07) is 18.5. The summed E-state index contributed by atoms with van der Waals surface area (Å²) in [6.45, 7) is 12.8. The van der Waals surface area contributed by atoms with Crippen LogP contribution in [0.2, 0.25) is 0 Å². The number of fused-ring (bicyclic) bond motifs is 2. The monoisotopic (exact) mass is 759 g/mol. The highest BCUT2D eigenvalue weighted by atomic mass is 16.5. The molecule has 3 aromatic carbocycles. The molecule has 0 heterocycles. The molecule has 6 heteroatoms. The maximum Gasteiger partial charge on any atom is 0.305 e. The van der Waals surface area contributed by atoms with Crippen molar-refractivity contribution >= 4 is 39.3 Å². The van der Waals surface area contributed by atoms with E-state index in [-0.39, 0.29) is 17.8 Å². The van der Waals surface area contributed by atoms with Crippen LogP contribution in [0.15, 0.2) is 54.6 Å². The van der Waals surface area contributed by atoms with E-state index in [1.807, 2.05) is 30.3 Å². The normalized spacial score (nSPS) is 12.2. The van der Waals surface area contributed by atoms with Crippen molar-refractivity contribution in [3.63, 3.8) is 0 Å². The highest BCUT2D eigenvalue weighted by Gasteiger charge is 2.09. The fourth-order valence-corrected chi connectivity index (χ4v) is 6.58. The number of nitrogens with one attached hydrogen (secondary N) is 2. The average molecular weight is 759 g/mol. The summed E-state index contributed by atoms with van der Waals surface area (Å²) in [7, 11) is 0. The second-order valence-electron chi connectivity index (χ2n) is 16.0. The zero-order chi connectivity index (χ0) is 39.9. The number of ether oxygens (including phenoxy) is 1. The zero-order valence-corrected chi connectivity index (χ0v) is 35.7. The van der Waals surface area contributed by atoms with Crippen LogP contribution in [0.5, 0.6) is 0 Å². The minimum atomic E-state index is -0.0593. The van der Waals surface area contributed by atoms with Gasteiger partial charge in [-0.05, 0) is 83.3 Å². The molecular weight excluding hydrogens is 681 g/mol. The molecular formula is C49H78N2O4. The van der Waals surface area contributed by atoms with E-state index in [1.54, 1.807) is 0 Å². The minimum Gasteiger partial charge on any atom is -0.466 e. The summed E-state index contributed by atoms with van der Waals surface area (Å²) in [4.78, 5) is 35.8. The van der Waals surface area contributed by atoms with Crippen molar-refractivity contribution in [3.8, 4) is 0 Å². The van der Waals surface area contributed by atoms with Gasteiger partial charge in [0.05, 0.1) is 6.61 Å². The molecule has 308 valence electrons. The van der Waals surface area contributed by atoms with Gasteiger partial charge in [-0.1, -0.05) is 168 Å². The van der Waals surface area contributed by atoms with Gasteiger partial charge in [0.2, 0.25) is 5.91 Å². The number of carbonyl (C=O) groups excluding carboxylic acids is 3. The maximum absolute atomic E-state index is 12.3. The Labute approximate surface area is 335 Å². The van der Waals surface area contributed by atoms with Crippen molar-refractivity contribution in [2.75, 3.05) is 19.7 Å². The molecule has 0 aliphatic heterocycles. The topological polar surface area (TPSA) is 84.5 Å². The second kappa shape index (κ2) is 30.8. The van der Waals surface area contributed by atoms with Gasteiger partial charge in [-0.25, -0.2) is 0 Å². The Morgan fingerprint density at radius 2 is 1.00 bits per heavy atom. The van der Waals surface area contributed by atoms with Crippen LogP contribution in [0.4, 0.5) is 0 Å². The van der Waals surface area contributed by atoms with Crippen molar-refractivity contribution < 1.29 is 19.1 Å². The zero-order valence-electron chi connectivity index (χ0n) is 35.7.